The van der Waals surface area contributed by atoms with E-state index in [0.717, 1.165) is 5.75 Å². The molecule has 0 bridgehead atoms. The van der Waals surface area contributed by atoms with Gasteiger partial charge in [-0.2, -0.15) is 0 Å². The molecule has 0 radical (unpaired) electrons. The van der Waals surface area contributed by atoms with E-state index in [1.165, 1.54) is 5.56 Å². The summed E-state index contributed by atoms with van der Waals surface area (Å²) in [6.07, 6.45) is 0.401. The molecular weight excluding hydrogens is 260 g/mol. The van der Waals surface area contributed by atoms with Gasteiger partial charge in [0.05, 0.1) is 12.4 Å². The van der Waals surface area contributed by atoms with Gasteiger partial charge >= 0.3 is 0 Å². The van der Waals surface area contributed by atoms with E-state index in [-0.39, 0.29) is 5.75 Å². The smallest absolute Gasteiger partial charge is 0.232 e. The van der Waals surface area contributed by atoms with Gasteiger partial charge < -0.3 is 4.74 Å². The summed E-state index contributed by atoms with van der Waals surface area (Å²) in [5, 5.41) is 0. The maximum Gasteiger partial charge on any atom is 0.232 e. The molecule has 17 heavy (non-hydrogen) atoms. The van der Waals surface area contributed by atoms with Crippen molar-refractivity contribution in [3.63, 3.8) is 0 Å². The number of halogens is 1. The summed E-state index contributed by atoms with van der Waals surface area (Å²) in [5.41, 5.74) is 1.25. The molecule has 96 valence electrons. The molecule has 0 spiro atoms. The molecule has 0 atom stereocenters. The zero-order valence-corrected chi connectivity index (χ0v) is 11.6. The van der Waals surface area contributed by atoms with Crippen LogP contribution in [0, 0.1) is 0 Å². The van der Waals surface area contributed by atoms with Crippen LogP contribution in [0.1, 0.15) is 31.7 Å². The predicted octanol–water partition coefficient (Wildman–Crippen LogP) is 3.15. The molecule has 0 unspecified atom stereocenters. The van der Waals surface area contributed by atoms with Gasteiger partial charge in [-0.05, 0) is 30.0 Å². The Morgan fingerprint density at radius 2 is 1.82 bits per heavy atom. The van der Waals surface area contributed by atoms with Gasteiger partial charge in [-0.25, -0.2) is 8.42 Å². The summed E-state index contributed by atoms with van der Waals surface area (Å²) in [5.74, 6) is 1.19. The quantitative estimate of drug-likeness (QED) is 0.592. The first-order valence-electron chi connectivity index (χ1n) is 5.53. The number of rotatable bonds is 6. The summed E-state index contributed by atoms with van der Waals surface area (Å²) < 4.78 is 26.8. The highest BCUT2D eigenvalue weighted by Crippen LogP contribution is 2.18. The molecule has 0 saturated heterocycles. The minimum atomic E-state index is -3.40. The first-order valence-corrected chi connectivity index (χ1v) is 8.01. The Balaban J connectivity index is 2.37. The molecule has 0 saturated carbocycles. The lowest BCUT2D eigenvalue weighted by molar-refractivity contribution is 0.318. The highest BCUT2D eigenvalue weighted by molar-refractivity contribution is 8.13. The Hall–Kier alpha value is -0.740. The summed E-state index contributed by atoms with van der Waals surface area (Å²) in [7, 11) is 1.68. The molecule has 1 aromatic rings. The Morgan fingerprint density at radius 1 is 1.24 bits per heavy atom. The van der Waals surface area contributed by atoms with Crippen molar-refractivity contribution < 1.29 is 13.2 Å². The van der Waals surface area contributed by atoms with Crippen molar-refractivity contribution in [2.75, 3.05) is 12.4 Å². The van der Waals surface area contributed by atoms with Crippen molar-refractivity contribution in [3.05, 3.63) is 29.8 Å². The number of hydrogen-bond acceptors (Lipinski definition) is 3. The predicted molar refractivity (Wildman–Crippen MR) is 70.3 cm³/mol. The Morgan fingerprint density at radius 3 is 2.29 bits per heavy atom. The molecular formula is C12H17ClO3S. The van der Waals surface area contributed by atoms with Gasteiger partial charge in [0.15, 0.2) is 0 Å². The van der Waals surface area contributed by atoms with Crippen LogP contribution in [0.25, 0.3) is 0 Å². The molecule has 1 aromatic carbocycles. The summed E-state index contributed by atoms with van der Waals surface area (Å²) in [4.78, 5) is 0. The van der Waals surface area contributed by atoms with E-state index in [4.69, 9.17) is 15.4 Å². The summed E-state index contributed by atoms with van der Waals surface area (Å²) >= 11 is 0. The fourth-order valence-electron chi connectivity index (χ4n) is 1.37. The second kappa shape index (κ2) is 6.26. The maximum absolute atomic E-state index is 10.7. The van der Waals surface area contributed by atoms with Crippen LogP contribution in [0.4, 0.5) is 0 Å². The van der Waals surface area contributed by atoms with Crippen molar-refractivity contribution in [2.45, 2.75) is 26.2 Å². The Bertz CT molecular complexity index is 437. The molecule has 1 rings (SSSR count). The third-order valence-corrected chi connectivity index (χ3v) is 3.59. The van der Waals surface area contributed by atoms with Crippen LogP contribution in [0.15, 0.2) is 24.3 Å². The second-order valence-corrected chi connectivity index (χ2v) is 7.07. The second-order valence-electron chi connectivity index (χ2n) is 4.17. The van der Waals surface area contributed by atoms with Crippen molar-refractivity contribution >= 4 is 19.7 Å². The normalized spacial score (nSPS) is 11.8. The minimum absolute atomic E-state index is 0.0569. The van der Waals surface area contributed by atoms with E-state index in [1.807, 2.05) is 24.3 Å². The SMILES string of the molecule is CC(C)c1ccc(OCCCS(=O)(=O)Cl)cc1. The molecule has 0 heterocycles. The Kier molecular flexibility index (Phi) is 5.28. The third kappa shape index (κ3) is 5.94. The monoisotopic (exact) mass is 276 g/mol. The molecule has 0 N–H and O–H groups in total. The first-order chi connectivity index (χ1) is 7.88. The van der Waals surface area contributed by atoms with Crippen molar-refractivity contribution in [1.29, 1.82) is 0 Å². The third-order valence-electron chi connectivity index (χ3n) is 2.35. The maximum atomic E-state index is 10.7. The van der Waals surface area contributed by atoms with E-state index >= 15 is 0 Å². The van der Waals surface area contributed by atoms with Crippen LogP contribution >= 0.6 is 10.7 Å². The largest absolute Gasteiger partial charge is 0.494 e. The highest BCUT2D eigenvalue weighted by atomic mass is 35.7. The van der Waals surface area contributed by atoms with Gasteiger partial charge in [-0.1, -0.05) is 26.0 Å². The lowest BCUT2D eigenvalue weighted by Gasteiger charge is -2.08. The Labute approximate surface area is 107 Å². The van der Waals surface area contributed by atoms with Crippen molar-refractivity contribution in [2.24, 2.45) is 0 Å². The minimum Gasteiger partial charge on any atom is -0.494 e. The average molecular weight is 277 g/mol. The number of ether oxygens (including phenoxy) is 1. The van der Waals surface area contributed by atoms with Crippen LogP contribution in [0.5, 0.6) is 5.75 Å². The number of benzene rings is 1. The van der Waals surface area contributed by atoms with E-state index in [9.17, 15) is 8.42 Å². The molecule has 0 aliphatic carbocycles. The zero-order chi connectivity index (χ0) is 12.9. The molecule has 0 aliphatic rings. The van der Waals surface area contributed by atoms with Crippen LogP contribution in [0.2, 0.25) is 0 Å². The zero-order valence-electron chi connectivity index (χ0n) is 10.0. The fourth-order valence-corrected chi connectivity index (χ4v) is 2.16. The van der Waals surface area contributed by atoms with Crippen LogP contribution in [-0.2, 0) is 9.05 Å². The van der Waals surface area contributed by atoms with Crippen LogP contribution < -0.4 is 4.74 Å². The lowest BCUT2D eigenvalue weighted by Crippen LogP contribution is -2.04. The first kappa shape index (κ1) is 14.3. The topological polar surface area (TPSA) is 43.4 Å². The average Bonchev–Trinajstić information content (AvgIpc) is 2.24. The molecule has 0 aliphatic heterocycles. The lowest BCUT2D eigenvalue weighted by atomic mass is 10.0. The molecule has 5 heteroatoms. The van der Waals surface area contributed by atoms with E-state index in [2.05, 4.69) is 13.8 Å². The van der Waals surface area contributed by atoms with Gasteiger partial charge in [-0.15, -0.1) is 0 Å². The van der Waals surface area contributed by atoms with Gasteiger partial charge in [0.2, 0.25) is 9.05 Å². The van der Waals surface area contributed by atoms with Crippen LogP contribution in [-0.4, -0.2) is 20.8 Å². The van der Waals surface area contributed by atoms with Gasteiger partial charge in [-0.3, -0.25) is 0 Å². The van der Waals surface area contributed by atoms with E-state index in [1.54, 1.807) is 0 Å². The van der Waals surface area contributed by atoms with Crippen molar-refractivity contribution in [3.8, 4) is 5.75 Å². The van der Waals surface area contributed by atoms with Gasteiger partial charge in [0, 0.05) is 10.7 Å². The van der Waals surface area contributed by atoms with Gasteiger partial charge in [0.1, 0.15) is 5.75 Å². The van der Waals surface area contributed by atoms with E-state index < -0.39 is 9.05 Å². The van der Waals surface area contributed by atoms with E-state index in [0.29, 0.717) is 18.9 Å². The van der Waals surface area contributed by atoms with Gasteiger partial charge in [0.25, 0.3) is 0 Å². The summed E-state index contributed by atoms with van der Waals surface area (Å²) in [6.45, 7) is 4.61. The highest BCUT2D eigenvalue weighted by Gasteiger charge is 2.04. The fraction of sp³-hybridized carbons (Fsp3) is 0.500. The molecule has 0 aromatic heterocycles. The molecule has 0 amide bonds. The molecule has 0 fully saturated rings. The summed E-state index contributed by atoms with van der Waals surface area (Å²) in [6, 6.07) is 7.81. The standard InChI is InChI=1S/C12H17ClO3S/c1-10(2)11-4-6-12(7-5-11)16-8-3-9-17(13,14)15/h4-7,10H,3,8-9H2,1-2H3. The van der Waals surface area contributed by atoms with Crippen LogP contribution in [0.3, 0.4) is 0 Å². The number of hydrogen-bond donors (Lipinski definition) is 0. The molecule has 3 nitrogen and oxygen atoms in total. The van der Waals surface area contributed by atoms with Crippen molar-refractivity contribution in [1.82, 2.24) is 0 Å².